The maximum atomic E-state index is 15.1. The molecule has 0 aliphatic carbocycles. The predicted molar refractivity (Wildman–Crippen MR) is 219 cm³/mol. The summed E-state index contributed by atoms with van der Waals surface area (Å²) in [6, 6.07) is 11.8. The van der Waals surface area contributed by atoms with Crippen LogP contribution in [0.4, 0.5) is 8.78 Å². The molecule has 1 aromatic heterocycles. The van der Waals surface area contributed by atoms with Crippen LogP contribution in [0.2, 0.25) is 0 Å². The summed E-state index contributed by atoms with van der Waals surface area (Å²) in [6.07, 6.45) is 1.51. The van der Waals surface area contributed by atoms with Crippen molar-refractivity contribution in [2.24, 2.45) is 11.3 Å². The lowest BCUT2D eigenvalue weighted by atomic mass is 9.83. The first-order chi connectivity index (χ1) is 28.8. The average molecular weight is 851 g/mol. The number of amides is 6. The summed E-state index contributed by atoms with van der Waals surface area (Å²) in [7, 11) is 0. The Hall–Kier alpha value is -5.97. The van der Waals surface area contributed by atoms with Crippen molar-refractivity contribution in [3.8, 4) is 11.1 Å². The molecule has 61 heavy (non-hydrogen) atoms. The van der Waals surface area contributed by atoms with Crippen LogP contribution in [-0.2, 0) is 44.9 Å². The topological polar surface area (TPSA) is 196 Å². The van der Waals surface area contributed by atoms with Gasteiger partial charge in [0, 0.05) is 68.3 Å². The molecule has 2 heterocycles. The third-order valence-corrected chi connectivity index (χ3v) is 10.1. The standard InChI is InChI=1S/C44H56F2N6O9/c1-27(2)40(49-35(54)14-10-15-39(58)61-52-36(55)18-19-37(52)56)43(60)48-28(3)42(59)47-20-11-21-51(38(57)26-53)41(44(4,5)6)34-22-30(32-23-31(45)16-17-33(32)46)25-50(34)24-29-12-8-7-9-13-29/h7-9,12-13,16-17,22-23,25,27-28,40-41,53H,10-11,14-15,18-21,24,26H2,1-6H3,(H,47,59)(H,48,60)(H,49,54). The normalized spacial score (nSPS) is 14.4. The van der Waals surface area contributed by atoms with Gasteiger partial charge in [-0.3, -0.25) is 28.8 Å². The van der Waals surface area contributed by atoms with E-state index in [2.05, 4.69) is 16.0 Å². The van der Waals surface area contributed by atoms with Crippen LogP contribution in [0.15, 0.2) is 60.8 Å². The molecule has 3 unspecified atom stereocenters. The molecule has 2 aromatic carbocycles. The van der Waals surface area contributed by atoms with Crippen molar-refractivity contribution < 1.29 is 52.3 Å². The minimum Gasteiger partial charge on any atom is -0.387 e. The molecule has 1 saturated heterocycles. The Balaban J connectivity index is 1.38. The van der Waals surface area contributed by atoms with Crippen LogP contribution >= 0.6 is 0 Å². The third kappa shape index (κ3) is 13.3. The number of aliphatic hydroxyl groups excluding tert-OH is 1. The highest BCUT2D eigenvalue weighted by Gasteiger charge is 2.37. The van der Waals surface area contributed by atoms with Gasteiger partial charge in [0.15, 0.2) is 0 Å². The zero-order valence-electron chi connectivity index (χ0n) is 35.5. The Morgan fingerprint density at radius 3 is 2.18 bits per heavy atom. The molecule has 1 aliphatic rings. The Bertz CT molecular complexity index is 2050. The van der Waals surface area contributed by atoms with Gasteiger partial charge in [0.2, 0.25) is 23.6 Å². The van der Waals surface area contributed by atoms with Crippen LogP contribution in [0.3, 0.4) is 0 Å². The van der Waals surface area contributed by atoms with E-state index in [1.165, 1.54) is 11.8 Å². The average Bonchev–Trinajstić information content (AvgIpc) is 3.75. The minimum atomic E-state index is -1.02. The summed E-state index contributed by atoms with van der Waals surface area (Å²) in [5.41, 5.74) is 1.38. The van der Waals surface area contributed by atoms with Gasteiger partial charge >= 0.3 is 5.97 Å². The van der Waals surface area contributed by atoms with Gasteiger partial charge in [-0.05, 0) is 60.9 Å². The van der Waals surface area contributed by atoms with E-state index in [1.807, 2.05) is 55.7 Å². The lowest BCUT2D eigenvalue weighted by Crippen LogP contribution is -2.54. The monoisotopic (exact) mass is 850 g/mol. The number of hydrogen-bond acceptors (Lipinski definition) is 9. The van der Waals surface area contributed by atoms with Gasteiger partial charge in [-0.25, -0.2) is 13.6 Å². The van der Waals surface area contributed by atoms with Gasteiger partial charge in [0.25, 0.3) is 11.8 Å². The molecule has 1 aliphatic heterocycles. The number of hydroxylamine groups is 2. The van der Waals surface area contributed by atoms with Crippen LogP contribution in [0.25, 0.3) is 11.1 Å². The Morgan fingerprint density at radius 1 is 0.885 bits per heavy atom. The molecule has 17 heteroatoms. The largest absolute Gasteiger partial charge is 0.387 e. The molecule has 0 bridgehead atoms. The fourth-order valence-corrected chi connectivity index (χ4v) is 7.06. The number of aromatic nitrogens is 1. The Morgan fingerprint density at radius 2 is 1.56 bits per heavy atom. The minimum absolute atomic E-state index is 0.0281. The third-order valence-electron chi connectivity index (χ3n) is 10.1. The quantitative estimate of drug-likeness (QED) is 0.0946. The molecule has 1 fully saturated rings. The second kappa shape index (κ2) is 21.5. The number of hydrogen-bond donors (Lipinski definition) is 4. The van der Waals surface area contributed by atoms with Gasteiger partial charge in [0.1, 0.15) is 30.3 Å². The fraction of sp³-hybridized carbons (Fsp3) is 0.477. The second-order valence-electron chi connectivity index (χ2n) is 16.5. The molecular formula is C44H56F2N6O9. The molecule has 0 saturated carbocycles. The molecule has 4 rings (SSSR count). The van der Waals surface area contributed by atoms with Crippen molar-refractivity contribution >= 4 is 41.4 Å². The molecule has 3 aromatic rings. The van der Waals surface area contributed by atoms with Crippen molar-refractivity contribution in [2.45, 2.75) is 105 Å². The van der Waals surface area contributed by atoms with Crippen molar-refractivity contribution in [3.63, 3.8) is 0 Å². The van der Waals surface area contributed by atoms with Crippen LogP contribution < -0.4 is 16.0 Å². The lowest BCUT2D eigenvalue weighted by molar-refractivity contribution is -0.197. The van der Waals surface area contributed by atoms with Gasteiger partial charge in [-0.15, -0.1) is 5.06 Å². The van der Waals surface area contributed by atoms with E-state index in [0.29, 0.717) is 22.9 Å². The summed E-state index contributed by atoms with van der Waals surface area (Å²) in [5, 5.41) is 18.6. The molecule has 0 radical (unpaired) electrons. The zero-order chi connectivity index (χ0) is 45.0. The van der Waals surface area contributed by atoms with Crippen LogP contribution in [-0.4, -0.2) is 92.8 Å². The molecule has 330 valence electrons. The number of carbonyl (C=O) groups is 7. The summed E-state index contributed by atoms with van der Waals surface area (Å²) in [5.74, 6) is -5.92. The Kier molecular flexibility index (Phi) is 16.8. The first-order valence-electron chi connectivity index (χ1n) is 20.3. The summed E-state index contributed by atoms with van der Waals surface area (Å²) < 4.78 is 31.3. The van der Waals surface area contributed by atoms with Crippen molar-refractivity contribution in [1.29, 1.82) is 0 Å². The van der Waals surface area contributed by atoms with Gasteiger partial charge in [0.05, 0.1) is 6.04 Å². The summed E-state index contributed by atoms with van der Waals surface area (Å²) in [6.45, 7) is 10.4. The first-order valence-corrected chi connectivity index (χ1v) is 20.3. The number of carbonyl (C=O) groups excluding carboxylic acids is 7. The molecule has 4 N–H and O–H groups in total. The number of aliphatic hydroxyl groups is 1. The maximum Gasteiger partial charge on any atom is 0.333 e. The number of imide groups is 1. The van der Waals surface area contributed by atoms with Crippen LogP contribution in [0.1, 0.15) is 97.4 Å². The number of rotatable bonds is 20. The predicted octanol–water partition coefficient (Wildman–Crippen LogP) is 4.32. The highest BCUT2D eigenvalue weighted by atomic mass is 19.1. The molecule has 6 amide bonds. The van der Waals surface area contributed by atoms with E-state index in [4.69, 9.17) is 4.84 Å². The highest BCUT2D eigenvalue weighted by Crippen LogP contribution is 2.41. The smallest absolute Gasteiger partial charge is 0.333 e. The summed E-state index contributed by atoms with van der Waals surface area (Å²) >= 11 is 0. The SMILES string of the molecule is CC(NC(=O)C(NC(=O)CCCC(=O)ON1C(=O)CCC1=O)C(C)C)C(=O)NCCCN(C(=O)CO)C(c1cc(-c2cc(F)ccc2F)cn1Cc1ccccc1)C(C)(C)C. The molecule has 15 nitrogen and oxygen atoms in total. The van der Waals surface area contributed by atoms with Crippen molar-refractivity contribution in [2.75, 3.05) is 19.7 Å². The lowest BCUT2D eigenvalue weighted by Gasteiger charge is -2.41. The maximum absolute atomic E-state index is 15.1. The first kappa shape index (κ1) is 47.7. The van der Waals surface area contributed by atoms with Crippen LogP contribution in [0, 0.1) is 23.0 Å². The number of benzene rings is 2. The number of halogens is 2. The van der Waals surface area contributed by atoms with Crippen molar-refractivity contribution in [3.05, 3.63) is 83.7 Å². The zero-order valence-corrected chi connectivity index (χ0v) is 35.5. The second-order valence-corrected chi connectivity index (χ2v) is 16.5. The summed E-state index contributed by atoms with van der Waals surface area (Å²) in [4.78, 5) is 94.2. The number of nitrogens with zero attached hydrogens (tertiary/aromatic N) is 3. The molecule has 3 atom stereocenters. The van der Waals surface area contributed by atoms with Gasteiger partial charge < -0.3 is 35.4 Å². The van der Waals surface area contributed by atoms with E-state index in [-0.39, 0.29) is 63.1 Å². The van der Waals surface area contributed by atoms with Gasteiger partial charge in [-0.1, -0.05) is 65.0 Å². The number of nitrogens with one attached hydrogen (secondary N) is 3. The van der Waals surface area contributed by atoms with Crippen LogP contribution in [0.5, 0.6) is 0 Å². The van der Waals surface area contributed by atoms with E-state index in [0.717, 1.165) is 23.8 Å². The molecular weight excluding hydrogens is 795 g/mol. The van der Waals surface area contributed by atoms with Gasteiger partial charge in [-0.2, -0.15) is 0 Å². The fourth-order valence-electron chi connectivity index (χ4n) is 7.06. The Labute approximate surface area is 354 Å². The van der Waals surface area contributed by atoms with Crippen molar-refractivity contribution in [1.82, 2.24) is 30.5 Å². The van der Waals surface area contributed by atoms with E-state index in [9.17, 15) is 43.1 Å². The van der Waals surface area contributed by atoms with E-state index in [1.54, 1.807) is 26.1 Å². The highest BCUT2D eigenvalue weighted by molar-refractivity contribution is 6.01. The van der Waals surface area contributed by atoms with E-state index >= 15 is 4.39 Å². The molecule has 0 spiro atoms. The van der Waals surface area contributed by atoms with E-state index < -0.39 is 83.2 Å².